The summed E-state index contributed by atoms with van der Waals surface area (Å²) in [7, 11) is 0. The molecule has 11 N–H and O–H groups in total. The minimum atomic E-state index is -1.72. The maximum absolute atomic E-state index is 14.3. The molecule has 0 saturated carbocycles. The van der Waals surface area contributed by atoms with Gasteiger partial charge < -0.3 is 62.2 Å². The van der Waals surface area contributed by atoms with Crippen LogP contribution < -0.4 is 27.0 Å². The average Bonchev–Trinajstić information content (AvgIpc) is 3.92. The van der Waals surface area contributed by atoms with Crippen molar-refractivity contribution in [3.05, 3.63) is 18.2 Å². The number of carbonyl (C=O) groups is 8. The molecule has 2 aliphatic rings. The van der Waals surface area contributed by atoms with E-state index >= 15 is 0 Å². The predicted octanol–water partition coefficient (Wildman–Crippen LogP) is -3.04. The number of carboxylic acids is 2. The van der Waals surface area contributed by atoms with E-state index in [1.807, 2.05) is 13.8 Å². The third-order valence-corrected chi connectivity index (χ3v) is 9.70. The van der Waals surface area contributed by atoms with Crippen LogP contribution in [0.1, 0.15) is 78.3 Å². The van der Waals surface area contributed by atoms with Crippen molar-refractivity contribution < 1.29 is 58.8 Å². The van der Waals surface area contributed by atoms with E-state index in [1.54, 1.807) is 0 Å². The fourth-order valence-corrected chi connectivity index (χ4v) is 6.79. The summed E-state index contributed by atoms with van der Waals surface area (Å²) in [5.41, 5.74) is 6.46. The lowest BCUT2D eigenvalue weighted by atomic mass is 10.0. The lowest BCUT2D eigenvalue weighted by molar-refractivity contribution is -0.148. The molecular formula is C35H55N9O12. The summed E-state index contributed by atoms with van der Waals surface area (Å²) in [6.07, 6.45) is 0.442. The summed E-state index contributed by atoms with van der Waals surface area (Å²) in [6, 6.07) is -9.14. The van der Waals surface area contributed by atoms with Crippen molar-refractivity contribution in [1.29, 1.82) is 0 Å². The number of aliphatic hydroxyl groups excluding tert-OH is 2. The van der Waals surface area contributed by atoms with Crippen molar-refractivity contribution in [3.63, 3.8) is 0 Å². The highest BCUT2D eigenvalue weighted by Crippen LogP contribution is 2.26. The van der Waals surface area contributed by atoms with Crippen LogP contribution in [0.5, 0.6) is 0 Å². The molecule has 21 nitrogen and oxygen atoms in total. The number of rotatable bonds is 20. The second-order valence-electron chi connectivity index (χ2n) is 14.7. The van der Waals surface area contributed by atoms with E-state index in [1.165, 1.54) is 29.2 Å². The molecule has 0 spiro atoms. The first-order valence-electron chi connectivity index (χ1n) is 18.7. The molecule has 9 atom stereocenters. The summed E-state index contributed by atoms with van der Waals surface area (Å²) >= 11 is 0. The van der Waals surface area contributed by atoms with Crippen molar-refractivity contribution in [2.45, 2.75) is 134 Å². The Bertz CT molecular complexity index is 1570. The molecule has 1 aromatic rings. The Morgan fingerprint density at radius 1 is 0.821 bits per heavy atom. The quantitative estimate of drug-likeness (QED) is 0.0628. The molecule has 3 heterocycles. The molecular weight excluding hydrogens is 738 g/mol. The summed E-state index contributed by atoms with van der Waals surface area (Å²) < 4.78 is 0. The monoisotopic (exact) mass is 793 g/mol. The predicted molar refractivity (Wildman–Crippen MR) is 195 cm³/mol. The van der Waals surface area contributed by atoms with Crippen molar-refractivity contribution >= 4 is 47.4 Å². The fourth-order valence-electron chi connectivity index (χ4n) is 6.79. The van der Waals surface area contributed by atoms with Gasteiger partial charge in [-0.2, -0.15) is 0 Å². The summed E-state index contributed by atoms with van der Waals surface area (Å²) in [5, 5.41) is 48.4. The third kappa shape index (κ3) is 12.4. The number of likely N-dealkylation sites (tertiary alicyclic amines) is 2. The number of amides is 6. The number of aliphatic hydroxyl groups is 2. The van der Waals surface area contributed by atoms with Crippen LogP contribution in [0.25, 0.3) is 0 Å². The maximum atomic E-state index is 14.3. The highest BCUT2D eigenvalue weighted by atomic mass is 16.4. The Morgan fingerprint density at radius 2 is 1.43 bits per heavy atom. The minimum Gasteiger partial charge on any atom is -0.481 e. The van der Waals surface area contributed by atoms with Gasteiger partial charge >= 0.3 is 11.9 Å². The van der Waals surface area contributed by atoms with Gasteiger partial charge in [-0.25, -0.2) is 9.78 Å². The van der Waals surface area contributed by atoms with E-state index in [4.69, 9.17) is 5.73 Å². The molecule has 56 heavy (non-hydrogen) atoms. The van der Waals surface area contributed by atoms with Gasteiger partial charge in [0.05, 0.1) is 24.6 Å². The molecule has 1 aromatic heterocycles. The van der Waals surface area contributed by atoms with Crippen molar-refractivity contribution in [3.8, 4) is 0 Å². The number of nitrogens with two attached hydrogens (primary N) is 1. The van der Waals surface area contributed by atoms with Gasteiger partial charge in [0.1, 0.15) is 30.2 Å². The third-order valence-electron chi connectivity index (χ3n) is 9.70. The van der Waals surface area contributed by atoms with Gasteiger partial charge in [-0.3, -0.25) is 33.6 Å². The zero-order valence-corrected chi connectivity index (χ0v) is 32.0. The lowest BCUT2D eigenvalue weighted by Gasteiger charge is -2.34. The first kappa shape index (κ1) is 45.2. The largest absolute Gasteiger partial charge is 0.481 e. The molecule has 0 aliphatic carbocycles. The normalized spacial score (nSPS) is 20.6. The second-order valence-corrected chi connectivity index (χ2v) is 14.7. The Balaban J connectivity index is 1.81. The van der Waals surface area contributed by atoms with Crippen molar-refractivity contribution in [1.82, 2.24) is 41.0 Å². The molecule has 0 unspecified atom stereocenters. The van der Waals surface area contributed by atoms with Crippen LogP contribution in [0, 0.1) is 5.92 Å². The number of hydrogen-bond donors (Lipinski definition) is 10. The Hall–Kier alpha value is -5.15. The molecule has 2 fully saturated rings. The summed E-state index contributed by atoms with van der Waals surface area (Å²) in [5.74, 6) is -7.29. The number of aromatic nitrogens is 2. The van der Waals surface area contributed by atoms with Crippen LogP contribution in [0.3, 0.4) is 0 Å². The lowest BCUT2D eigenvalue weighted by Crippen LogP contribution is -2.61. The zero-order chi connectivity index (χ0) is 41.9. The number of nitrogens with zero attached hydrogens (tertiary/aromatic N) is 3. The van der Waals surface area contributed by atoms with Gasteiger partial charge in [-0.1, -0.05) is 13.8 Å². The number of aliphatic carboxylic acids is 2. The van der Waals surface area contributed by atoms with Crippen LogP contribution in [0.4, 0.5) is 0 Å². The molecule has 2 aliphatic heterocycles. The SMILES string of the molecule is CC(C)C[C@H](N)C(=O)N[C@@H](CCC(=O)O)C(=O)N[C@@H](Cc1cnc[nH]1)C(=O)N1CCC[C@H]1C(=O)N1CCC[C@H]1C(=O)N[C@H](C(=O)N[C@H](C(=O)O)[C@@H](C)O)[C@@H](C)O. The van der Waals surface area contributed by atoms with Gasteiger partial charge in [-0.15, -0.1) is 0 Å². The zero-order valence-electron chi connectivity index (χ0n) is 32.0. The minimum absolute atomic E-state index is 0.0578. The van der Waals surface area contributed by atoms with E-state index in [0.717, 1.165) is 6.92 Å². The summed E-state index contributed by atoms with van der Waals surface area (Å²) in [6.45, 7) is 6.31. The smallest absolute Gasteiger partial charge is 0.328 e. The standard InChI is InChI=1S/C35H55N9O12/c1-17(2)13-21(36)29(49)39-22(9-10-26(47)48)30(50)40-23(14-20-15-37-16-38-20)33(53)44-12-6-8-25(44)34(54)43-11-5-7-24(43)31(51)41-27(18(3)45)32(52)42-28(19(4)46)35(55)56/h15-19,21-25,27-28,45-46H,5-14,36H2,1-4H3,(H,37,38)(H,39,49)(H,40,50)(H,41,51)(H,42,52)(H,47,48)(H,55,56)/t18-,19-,21+,22+,23+,24+,25+,27+,28+/m1/s1. The van der Waals surface area contributed by atoms with Crippen molar-refractivity contribution in [2.24, 2.45) is 11.7 Å². The van der Waals surface area contributed by atoms with Gasteiger partial charge in [0.2, 0.25) is 35.4 Å². The number of imidazole rings is 1. The number of aromatic amines is 1. The second kappa shape index (κ2) is 20.7. The van der Waals surface area contributed by atoms with E-state index in [0.29, 0.717) is 25.0 Å². The molecule has 2 saturated heterocycles. The topological polar surface area (TPSA) is 327 Å². The van der Waals surface area contributed by atoms with Crippen LogP contribution in [0.2, 0.25) is 0 Å². The molecule has 3 rings (SSSR count). The molecule has 6 amide bonds. The fraction of sp³-hybridized carbons (Fsp3) is 0.686. The first-order chi connectivity index (χ1) is 26.3. The molecule has 0 radical (unpaired) electrons. The molecule has 0 bridgehead atoms. The first-order valence-corrected chi connectivity index (χ1v) is 18.7. The molecule has 312 valence electrons. The van der Waals surface area contributed by atoms with Gasteiger partial charge in [0, 0.05) is 37.8 Å². The van der Waals surface area contributed by atoms with E-state index < -0.39 is 108 Å². The average molecular weight is 794 g/mol. The van der Waals surface area contributed by atoms with Crippen LogP contribution in [-0.2, 0) is 44.8 Å². The van der Waals surface area contributed by atoms with Gasteiger partial charge in [-0.05, 0) is 58.3 Å². The highest BCUT2D eigenvalue weighted by molar-refractivity contribution is 5.97. The number of carboxylic acid groups (broad SMARTS) is 2. The van der Waals surface area contributed by atoms with E-state index in [2.05, 4.69) is 31.2 Å². The van der Waals surface area contributed by atoms with E-state index in [-0.39, 0.29) is 44.7 Å². The van der Waals surface area contributed by atoms with E-state index in [9.17, 15) is 58.8 Å². The number of hydrogen-bond acceptors (Lipinski definition) is 12. The number of carbonyl (C=O) groups excluding carboxylic acids is 6. The number of nitrogens with one attached hydrogen (secondary N) is 5. The highest BCUT2D eigenvalue weighted by Gasteiger charge is 2.45. The van der Waals surface area contributed by atoms with Crippen LogP contribution >= 0.6 is 0 Å². The molecule has 0 aromatic carbocycles. The number of H-pyrrole nitrogens is 1. The Labute approximate surface area is 323 Å². The van der Waals surface area contributed by atoms with Gasteiger partial charge in [0.25, 0.3) is 0 Å². The van der Waals surface area contributed by atoms with Crippen LogP contribution in [0.15, 0.2) is 12.5 Å². The Kier molecular flexibility index (Phi) is 16.7. The molecule has 21 heteroatoms. The summed E-state index contributed by atoms with van der Waals surface area (Å²) in [4.78, 5) is 114. The van der Waals surface area contributed by atoms with Gasteiger partial charge in [0.15, 0.2) is 6.04 Å². The van der Waals surface area contributed by atoms with Crippen LogP contribution in [-0.4, -0.2) is 155 Å². The van der Waals surface area contributed by atoms with Crippen molar-refractivity contribution in [2.75, 3.05) is 13.1 Å². The maximum Gasteiger partial charge on any atom is 0.328 e. The Morgan fingerprint density at radius 3 is 1.98 bits per heavy atom.